The molecule has 0 aliphatic heterocycles. The lowest BCUT2D eigenvalue weighted by Gasteiger charge is -2.18. The fourth-order valence-electron chi connectivity index (χ4n) is 3.18. The molecule has 0 spiro atoms. The number of amides is 3. The number of para-hydroxylation sites is 1. The number of aromatic amines is 1. The van der Waals surface area contributed by atoms with E-state index >= 15 is 0 Å². The predicted molar refractivity (Wildman–Crippen MR) is 116 cm³/mol. The predicted octanol–water partition coefficient (Wildman–Crippen LogP) is 2.54. The lowest BCUT2D eigenvalue weighted by atomic mass is 10.1. The Morgan fingerprint density at radius 3 is 2.53 bits per heavy atom. The van der Waals surface area contributed by atoms with Crippen LogP contribution in [0.1, 0.15) is 28.8 Å². The van der Waals surface area contributed by atoms with E-state index in [2.05, 4.69) is 15.6 Å². The summed E-state index contributed by atoms with van der Waals surface area (Å²) in [6.45, 7) is 0.393. The summed E-state index contributed by atoms with van der Waals surface area (Å²) in [6, 6.07) is 13.4. The van der Waals surface area contributed by atoms with Gasteiger partial charge in [-0.2, -0.15) is 0 Å². The lowest BCUT2D eigenvalue weighted by molar-refractivity contribution is -0.123. The Hall–Kier alpha value is -3.32. The number of nitrogens with one attached hydrogen (secondary N) is 3. The summed E-state index contributed by atoms with van der Waals surface area (Å²) in [4.78, 5) is 39.5. The van der Waals surface area contributed by atoms with Crippen molar-refractivity contribution in [3.05, 3.63) is 70.9 Å². The second-order valence-corrected chi connectivity index (χ2v) is 7.37. The van der Waals surface area contributed by atoms with Crippen LogP contribution >= 0.6 is 11.6 Å². The van der Waals surface area contributed by atoms with Crippen molar-refractivity contribution >= 4 is 40.2 Å². The second kappa shape index (κ2) is 9.93. The van der Waals surface area contributed by atoms with Crippen LogP contribution in [-0.4, -0.2) is 35.3 Å². The quantitative estimate of drug-likeness (QED) is 0.421. The lowest BCUT2D eigenvalue weighted by Crippen LogP contribution is -2.47. The molecule has 30 heavy (non-hydrogen) atoms. The van der Waals surface area contributed by atoms with Crippen LogP contribution in [0.15, 0.2) is 54.7 Å². The van der Waals surface area contributed by atoms with Crippen molar-refractivity contribution in [3.63, 3.8) is 0 Å². The van der Waals surface area contributed by atoms with E-state index in [0.717, 1.165) is 16.5 Å². The number of carbonyl (C=O) groups excluding carboxylic acids is 3. The summed E-state index contributed by atoms with van der Waals surface area (Å²) >= 11 is 5.84. The highest BCUT2D eigenvalue weighted by Crippen LogP contribution is 2.17. The van der Waals surface area contributed by atoms with E-state index in [1.54, 1.807) is 24.3 Å². The number of rotatable bonds is 9. The first-order valence-electron chi connectivity index (χ1n) is 9.61. The Kier molecular flexibility index (Phi) is 7.08. The zero-order chi connectivity index (χ0) is 21.5. The Morgan fingerprint density at radius 1 is 1.07 bits per heavy atom. The van der Waals surface area contributed by atoms with E-state index in [1.807, 2.05) is 30.5 Å². The van der Waals surface area contributed by atoms with Crippen molar-refractivity contribution in [2.75, 3.05) is 6.54 Å². The van der Waals surface area contributed by atoms with Gasteiger partial charge in [0.2, 0.25) is 11.8 Å². The van der Waals surface area contributed by atoms with Gasteiger partial charge in [-0.1, -0.05) is 29.8 Å². The van der Waals surface area contributed by atoms with E-state index < -0.39 is 17.9 Å². The van der Waals surface area contributed by atoms with E-state index in [4.69, 9.17) is 17.3 Å². The van der Waals surface area contributed by atoms with Crippen LogP contribution in [0.5, 0.6) is 0 Å². The van der Waals surface area contributed by atoms with Crippen molar-refractivity contribution in [1.29, 1.82) is 0 Å². The van der Waals surface area contributed by atoms with Gasteiger partial charge in [-0.3, -0.25) is 14.4 Å². The summed E-state index contributed by atoms with van der Waals surface area (Å²) in [5.74, 6) is -1.32. The Morgan fingerprint density at radius 2 is 1.80 bits per heavy atom. The highest BCUT2D eigenvalue weighted by molar-refractivity contribution is 6.30. The molecule has 2 aromatic carbocycles. The summed E-state index contributed by atoms with van der Waals surface area (Å²) in [5.41, 5.74) is 7.71. The number of aromatic nitrogens is 1. The number of primary amides is 1. The number of fused-ring (bicyclic) bond motifs is 1. The molecule has 0 aliphatic carbocycles. The maximum Gasteiger partial charge on any atom is 0.251 e. The van der Waals surface area contributed by atoms with Gasteiger partial charge in [-0.25, -0.2) is 0 Å². The zero-order valence-corrected chi connectivity index (χ0v) is 17.0. The van der Waals surface area contributed by atoms with Crippen LogP contribution < -0.4 is 16.4 Å². The summed E-state index contributed by atoms with van der Waals surface area (Å²) in [5, 5.41) is 7.12. The number of halogens is 1. The third kappa shape index (κ3) is 5.61. The first kappa shape index (κ1) is 21.4. The molecule has 1 unspecified atom stereocenters. The molecular formula is C22H23ClN4O3. The summed E-state index contributed by atoms with van der Waals surface area (Å²) < 4.78 is 0. The van der Waals surface area contributed by atoms with Crippen molar-refractivity contribution in [3.8, 4) is 0 Å². The average Bonchev–Trinajstić information content (AvgIpc) is 3.14. The highest BCUT2D eigenvalue weighted by Gasteiger charge is 2.22. The van der Waals surface area contributed by atoms with Gasteiger partial charge in [0.15, 0.2) is 0 Å². The number of H-pyrrole nitrogens is 1. The molecule has 1 aromatic heterocycles. The van der Waals surface area contributed by atoms with Crippen LogP contribution in [0, 0.1) is 0 Å². The van der Waals surface area contributed by atoms with Crippen LogP contribution in [0.2, 0.25) is 5.02 Å². The maximum atomic E-state index is 12.7. The normalized spacial score (nSPS) is 11.8. The van der Waals surface area contributed by atoms with E-state index in [9.17, 15) is 14.4 Å². The number of benzene rings is 2. The van der Waals surface area contributed by atoms with Gasteiger partial charge in [0.1, 0.15) is 6.04 Å². The SMILES string of the molecule is NC(=O)CCC(NC(=O)c1ccc(Cl)cc1)C(=O)NCCc1c[nH]c2ccccc12. The largest absolute Gasteiger partial charge is 0.370 e. The number of hydrogen-bond donors (Lipinski definition) is 4. The topological polar surface area (TPSA) is 117 Å². The summed E-state index contributed by atoms with van der Waals surface area (Å²) in [6.07, 6.45) is 2.65. The minimum Gasteiger partial charge on any atom is -0.370 e. The van der Waals surface area contributed by atoms with Gasteiger partial charge in [0.25, 0.3) is 5.91 Å². The van der Waals surface area contributed by atoms with E-state index in [-0.39, 0.29) is 18.7 Å². The third-order valence-electron chi connectivity index (χ3n) is 4.78. The Labute approximate surface area is 179 Å². The zero-order valence-electron chi connectivity index (χ0n) is 16.3. The molecule has 5 N–H and O–H groups in total. The number of hydrogen-bond acceptors (Lipinski definition) is 3. The van der Waals surface area contributed by atoms with Crippen molar-refractivity contribution in [2.24, 2.45) is 5.73 Å². The van der Waals surface area contributed by atoms with Crippen LogP contribution in [-0.2, 0) is 16.0 Å². The van der Waals surface area contributed by atoms with Crippen LogP contribution in [0.25, 0.3) is 10.9 Å². The molecule has 3 aromatic rings. The molecule has 1 heterocycles. The molecule has 0 saturated carbocycles. The monoisotopic (exact) mass is 426 g/mol. The molecule has 3 rings (SSSR count). The first-order chi connectivity index (χ1) is 14.4. The van der Waals surface area contributed by atoms with Crippen molar-refractivity contribution in [1.82, 2.24) is 15.6 Å². The van der Waals surface area contributed by atoms with Gasteiger partial charge < -0.3 is 21.4 Å². The van der Waals surface area contributed by atoms with Gasteiger partial charge in [-0.05, 0) is 48.7 Å². The molecule has 1 atom stereocenters. The molecule has 7 nitrogen and oxygen atoms in total. The Bertz CT molecular complexity index is 1050. The average molecular weight is 427 g/mol. The maximum absolute atomic E-state index is 12.7. The molecule has 0 aliphatic rings. The Balaban J connectivity index is 1.60. The van der Waals surface area contributed by atoms with Crippen molar-refractivity contribution in [2.45, 2.75) is 25.3 Å². The third-order valence-corrected chi connectivity index (χ3v) is 5.03. The molecule has 156 valence electrons. The van der Waals surface area contributed by atoms with Gasteiger partial charge >= 0.3 is 0 Å². The standard InChI is InChI=1S/C22H23ClN4O3/c23-16-7-5-14(6-8-16)21(29)27-19(9-10-20(24)28)22(30)25-12-11-15-13-26-18-4-2-1-3-17(15)18/h1-8,13,19,26H,9-12H2,(H2,24,28)(H,25,30)(H,27,29). The summed E-state index contributed by atoms with van der Waals surface area (Å²) in [7, 11) is 0. The minimum atomic E-state index is -0.872. The number of nitrogens with two attached hydrogens (primary N) is 1. The molecule has 0 saturated heterocycles. The fraction of sp³-hybridized carbons (Fsp3) is 0.227. The van der Waals surface area contributed by atoms with Crippen molar-refractivity contribution < 1.29 is 14.4 Å². The van der Waals surface area contributed by atoms with E-state index in [0.29, 0.717) is 23.6 Å². The first-order valence-corrected chi connectivity index (χ1v) is 9.99. The molecule has 0 fully saturated rings. The second-order valence-electron chi connectivity index (χ2n) is 6.94. The minimum absolute atomic E-state index is 0.0125. The molecule has 0 bridgehead atoms. The van der Waals surface area contributed by atoms with Gasteiger partial charge in [-0.15, -0.1) is 0 Å². The van der Waals surface area contributed by atoms with Crippen LogP contribution in [0.3, 0.4) is 0 Å². The molecular weight excluding hydrogens is 404 g/mol. The number of carbonyl (C=O) groups is 3. The molecule has 3 amide bonds. The van der Waals surface area contributed by atoms with E-state index in [1.165, 1.54) is 0 Å². The smallest absolute Gasteiger partial charge is 0.251 e. The highest BCUT2D eigenvalue weighted by atomic mass is 35.5. The molecule has 8 heteroatoms. The van der Waals surface area contributed by atoms with Crippen LogP contribution in [0.4, 0.5) is 0 Å². The molecule has 0 radical (unpaired) electrons. The van der Waals surface area contributed by atoms with Gasteiger partial charge in [0.05, 0.1) is 0 Å². The van der Waals surface area contributed by atoms with Gasteiger partial charge in [0, 0.05) is 40.7 Å². The fourth-order valence-corrected chi connectivity index (χ4v) is 3.31.